The van der Waals surface area contributed by atoms with Crippen molar-refractivity contribution < 1.29 is 14.3 Å². The lowest BCUT2D eigenvalue weighted by molar-refractivity contribution is 0.00615. The predicted molar refractivity (Wildman–Crippen MR) is 89.2 cm³/mol. The first-order valence-corrected chi connectivity index (χ1v) is 8.36. The van der Waals surface area contributed by atoms with Crippen LogP contribution in [-0.2, 0) is 11.8 Å². The van der Waals surface area contributed by atoms with Gasteiger partial charge in [-0.25, -0.2) is 4.79 Å². The molecular formula is C15H23BrN4O3. The van der Waals surface area contributed by atoms with Crippen molar-refractivity contribution in [2.45, 2.75) is 39.3 Å². The van der Waals surface area contributed by atoms with Crippen molar-refractivity contribution in [1.82, 2.24) is 19.6 Å². The monoisotopic (exact) mass is 386 g/mol. The fourth-order valence-electron chi connectivity index (χ4n) is 2.47. The summed E-state index contributed by atoms with van der Waals surface area (Å²) in [5.41, 5.74) is 0.0125. The van der Waals surface area contributed by atoms with Crippen LogP contribution in [0.3, 0.4) is 0 Å². The van der Waals surface area contributed by atoms with Gasteiger partial charge >= 0.3 is 6.09 Å². The van der Waals surface area contributed by atoms with E-state index in [4.69, 9.17) is 4.74 Å². The lowest BCUT2D eigenvalue weighted by atomic mass is 10.1. The van der Waals surface area contributed by atoms with Crippen molar-refractivity contribution in [3.63, 3.8) is 0 Å². The molecule has 0 spiro atoms. The average molecular weight is 387 g/mol. The molecule has 1 aromatic rings. The number of nitrogens with zero attached hydrogens (tertiary/aromatic N) is 4. The van der Waals surface area contributed by atoms with E-state index in [1.54, 1.807) is 27.7 Å². The Bertz CT molecular complexity index is 608. The molecule has 1 aliphatic rings. The summed E-state index contributed by atoms with van der Waals surface area (Å²) >= 11 is 3.37. The molecule has 7 nitrogen and oxygen atoms in total. The Kier molecular flexibility index (Phi) is 5.03. The Balaban J connectivity index is 2.03. The van der Waals surface area contributed by atoms with Gasteiger partial charge in [-0.3, -0.25) is 9.48 Å². The number of ether oxygens (including phenoxy) is 1. The summed E-state index contributed by atoms with van der Waals surface area (Å²) in [5, 5.41) is 4.08. The molecule has 2 heterocycles. The summed E-state index contributed by atoms with van der Waals surface area (Å²) in [6.45, 7) is 8.84. The van der Waals surface area contributed by atoms with Crippen molar-refractivity contribution in [2.24, 2.45) is 7.05 Å². The van der Waals surface area contributed by atoms with E-state index in [1.165, 1.54) is 0 Å². The van der Waals surface area contributed by atoms with E-state index in [1.807, 2.05) is 27.7 Å². The van der Waals surface area contributed by atoms with Gasteiger partial charge < -0.3 is 14.5 Å². The van der Waals surface area contributed by atoms with Gasteiger partial charge in [0.05, 0.1) is 11.8 Å². The molecule has 1 aromatic heterocycles. The van der Waals surface area contributed by atoms with Crippen LogP contribution in [-0.4, -0.2) is 62.9 Å². The topological polar surface area (TPSA) is 67.7 Å². The number of aryl methyl sites for hydroxylation is 1. The molecule has 2 rings (SSSR count). The van der Waals surface area contributed by atoms with Crippen LogP contribution in [0.15, 0.2) is 10.8 Å². The molecule has 1 unspecified atom stereocenters. The zero-order valence-electron chi connectivity index (χ0n) is 14.2. The van der Waals surface area contributed by atoms with Gasteiger partial charge in [0, 0.05) is 32.7 Å². The highest BCUT2D eigenvalue weighted by Gasteiger charge is 2.33. The normalized spacial score (nSPS) is 19.0. The van der Waals surface area contributed by atoms with Gasteiger partial charge in [0.15, 0.2) is 0 Å². The van der Waals surface area contributed by atoms with E-state index in [0.29, 0.717) is 29.8 Å². The molecule has 0 radical (unpaired) electrons. The van der Waals surface area contributed by atoms with Crippen LogP contribution in [0.5, 0.6) is 0 Å². The highest BCUT2D eigenvalue weighted by Crippen LogP contribution is 2.21. The van der Waals surface area contributed by atoms with E-state index in [0.717, 1.165) is 0 Å². The number of hydrogen-bond acceptors (Lipinski definition) is 4. The number of aromatic nitrogens is 2. The fourth-order valence-corrected chi connectivity index (χ4v) is 2.84. The Labute approximate surface area is 144 Å². The molecule has 0 N–H and O–H groups in total. The minimum absolute atomic E-state index is 0.0821. The van der Waals surface area contributed by atoms with Crippen molar-refractivity contribution in [3.8, 4) is 0 Å². The summed E-state index contributed by atoms with van der Waals surface area (Å²) < 4.78 is 7.65. The SMILES string of the molecule is CC1CN(C(=O)OC(C)(C)C)CCN1C(=O)c1cnn(C)c1Br. The molecule has 0 bridgehead atoms. The number of carbonyl (C=O) groups excluding carboxylic acids is 2. The summed E-state index contributed by atoms with van der Waals surface area (Å²) in [5.74, 6) is -0.0821. The molecule has 8 heteroatoms. The minimum atomic E-state index is -0.520. The molecule has 23 heavy (non-hydrogen) atoms. The lowest BCUT2D eigenvalue weighted by Crippen LogP contribution is -2.56. The molecular weight excluding hydrogens is 364 g/mol. The van der Waals surface area contributed by atoms with Crippen molar-refractivity contribution >= 4 is 27.9 Å². The molecule has 0 saturated carbocycles. The smallest absolute Gasteiger partial charge is 0.410 e. The number of piperazine rings is 1. The summed E-state index contributed by atoms with van der Waals surface area (Å²) in [6, 6.07) is -0.0872. The third kappa shape index (κ3) is 4.04. The number of carbonyl (C=O) groups is 2. The fraction of sp³-hybridized carbons (Fsp3) is 0.667. The second kappa shape index (κ2) is 6.51. The van der Waals surface area contributed by atoms with Gasteiger partial charge in [-0.2, -0.15) is 5.10 Å². The Hall–Kier alpha value is -1.57. The molecule has 0 aromatic carbocycles. The van der Waals surface area contributed by atoms with Crippen molar-refractivity contribution in [3.05, 3.63) is 16.4 Å². The van der Waals surface area contributed by atoms with Crippen LogP contribution >= 0.6 is 15.9 Å². The van der Waals surface area contributed by atoms with E-state index in [2.05, 4.69) is 21.0 Å². The van der Waals surface area contributed by atoms with E-state index >= 15 is 0 Å². The van der Waals surface area contributed by atoms with Gasteiger partial charge in [-0.1, -0.05) is 0 Å². The molecule has 2 amide bonds. The summed E-state index contributed by atoms with van der Waals surface area (Å²) in [6.07, 6.45) is 1.22. The molecule has 1 atom stereocenters. The third-order valence-electron chi connectivity index (χ3n) is 3.64. The Morgan fingerprint density at radius 2 is 2.00 bits per heavy atom. The van der Waals surface area contributed by atoms with E-state index in [9.17, 15) is 9.59 Å². The highest BCUT2D eigenvalue weighted by atomic mass is 79.9. The number of halogens is 1. The maximum atomic E-state index is 12.7. The van der Waals surface area contributed by atoms with Crippen LogP contribution in [0.2, 0.25) is 0 Å². The second-order valence-electron chi connectivity index (χ2n) is 6.75. The number of amides is 2. The van der Waals surface area contributed by atoms with E-state index < -0.39 is 5.60 Å². The maximum absolute atomic E-state index is 12.7. The molecule has 1 saturated heterocycles. The molecule has 1 aliphatic heterocycles. The standard InChI is InChI=1S/C15H23BrN4O3/c1-10-9-19(14(22)23-15(2,3)4)6-7-20(10)13(21)11-8-17-18(5)12(11)16/h8,10H,6-7,9H2,1-5H3. The average Bonchev–Trinajstić information content (AvgIpc) is 2.76. The van der Waals surface area contributed by atoms with Crippen LogP contribution in [0.1, 0.15) is 38.1 Å². The van der Waals surface area contributed by atoms with Gasteiger partial charge in [-0.15, -0.1) is 0 Å². The molecule has 0 aliphatic carbocycles. The Morgan fingerprint density at radius 1 is 1.35 bits per heavy atom. The Morgan fingerprint density at radius 3 is 2.48 bits per heavy atom. The van der Waals surface area contributed by atoms with Crippen LogP contribution < -0.4 is 0 Å². The van der Waals surface area contributed by atoms with Gasteiger partial charge in [0.2, 0.25) is 0 Å². The summed E-state index contributed by atoms with van der Waals surface area (Å²) in [4.78, 5) is 28.2. The van der Waals surface area contributed by atoms with Gasteiger partial charge in [-0.05, 0) is 43.6 Å². The largest absolute Gasteiger partial charge is 0.444 e. The summed E-state index contributed by atoms with van der Waals surface area (Å²) in [7, 11) is 1.77. The zero-order chi connectivity index (χ0) is 17.4. The van der Waals surface area contributed by atoms with Gasteiger partial charge in [0.1, 0.15) is 10.2 Å². The van der Waals surface area contributed by atoms with Crippen LogP contribution in [0.4, 0.5) is 4.79 Å². The quantitative estimate of drug-likeness (QED) is 0.742. The molecule has 1 fully saturated rings. The van der Waals surface area contributed by atoms with Gasteiger partial charge in [0.25, 0.3) is 5.91 Å². The first kappa shape index (κ1) is 17.8. The van der Waals surface area contributed by atoms with Crippen LogP contribution in [0, 0.1) is 0 Å². The third-order valence-corrected chi connectivity index (χ3v) is 4.58. The lowest BCUT2D eigenvalue weighted by Gasteiger charge is -2.40. The van der Waals surface area contributed by atoms with E-state index in [-0.39, 0.29) is 18.0 Å². The predicted octanol–water partition coefficient (Wildman–Crippen LogP) is 2.26. The van der Waals surface area contributed by atoms with Crippen LogP contribution in [0.25, 0.3) is 0 Å². The maximum Gasteiger partial charge on any atom is 0.410 e. The first-order chi connectivity index (χ1) is 10.6. The van der Waals surface area contributed by atoms with Crippen molar-refractivity contribution in [1.29, 1.82) is 0 Å². The highest BCUT2D eigenvalue weighted by molar-refractivity contribution is 9.10. The minimum Gasteiger partial charge on any atom is -0.444 e. The second-order valence-corrected chi connectivity index (χ2v) is 7.50. The van der Waals surface area contributed by atoms with Crippen molar-refractivity contribution in [2.75, 3.05) is 19.6 Å². The first-order valence-electron chi connectivity index (χ1n) is 7.56. The number of hydrogen-bond donors (Lipinski definition) is 0. The zero-order valence-corrected chi connectivity index (χ0v) is 15.8. The number of rotatable bonds is 1. The molecule has 128 valence electrons.